The van der Waals surface area contributed by atoms with E-state index in [1.54, 1.807) is 0 Å². The minimum atomic E-state index is -0.394. The number of rotatable bonds is 1. The number of oxime groups is 1. The van der Waals surface area contributed by atoms with E-state index in [9.17, 15) is 4.79 Å². The molecule has 2 rings (SSSR count). The predicted molar refractivity (Wildman–Crippen MR) is 60.6 cm³/mol. The molecule has 0 N–H and O–H groups in total. The first-order valence-corrected chi connectivity index (χ1v) is 5.34. The van der Waals surface area contributed by atoms with E-state index in [2.05, 4.69) is 9.99 Å². The summed E-state index contributed by atoms with van der Waals surface area (Å²) in [5.41, 5.74) is 0.789. The Morgan fingerprint density at radius 3 is 2.62 bits per heavy atom. The van der Waals surface area contributed by atoms with Crippen molar-refractivity contribution in [2.45, 2.75) is 32.4 Å². The second kappa shape index (κ2) is 3.46. The topological polar surface area (TPSA) is 45.1 Å². The summed E-state index contributed by atoms with van der Waals surface area (Å²) in [6.45, 7) is 5.74. The van der Waals surface area contributed by atoms with Gasteiger partial charge in [0.2, 0.25) is 0 Å². The maximum atomic E-state index is 12.2. The number of amides is 1. The summed E-state index contributed by atoms with van der Waals surface area (Å²) in [5.74, 6) is -0.232. The number of fused-ring (bicyclic) bond motifs is 1. The molecule has 2 aliphatic rings. The van der Waals surface area contributed by atoms with E-state index >= 15 is 0 Å². The molecule has 0 saturated carbocycles. The number of nitrogens with zero attached hydrogens (tertiary/aromatic N) is 3. The monoisotopic (exact) mass is 243 g/mol. The Hall–Kier alpha value is -1.07. The van der Waals surface area contributed by atoms with Gasteiger partial charge in [-0.05, 0) is 20.8 Å². The van der Waals surface area contributed by atoms with Gasteiger partial charge >= 0.3 is 0 Å². The first kappa shape index (κ1) is 11.4. The normalized spacial score (nSPS) is 27.9. The van der Waals surface area contributed by atoms with Gasteiger partial charge in [0.15, 0.2) is 5.71 Å². The maximum Gasteiger partial charge on any atom is 0.292 e. The predicted octanol–water partition coefficient (Wildman–Crippen LogP) is 1.31. The van der Waals surface area contributed by atoms with Crippen molar-refractivity contribution in [3.8, 4) is 0 Å². The number of halogens is 1. The minimum Gasteiger partial charge on any atom is -0.398 e. The fourth-order valence-corrected chi connectivity index (χ4v) is 2.18. The molecule has 0 radical (unpaired) electrons. The third-order valence-corrected chi connectivity index (χ3v) is 2.82. The molecule has 5 nitrogen and oxygen atoms in total. The standard InChI is InChI=1S/C10H14ClN3O2/c1-10(2,3)13-9(15)8(12-16-4)6-5-7(6)14(13)11/h5,7H,1-4H3. The first-order chi connectivity index (χ1) is 7.38. The van der Waals surface area contributed by atoms with Gasteiger partial charge in [0, 0.05) is 17.3 Å². The summed E-state index contributed by atoms with van der Waals surface area (Å²) in [6.07, 6.45) is 1.88. The lowest BCUT2D eigenvalue weighted by Gasteiger charge is -2.42. The van der Waals surface area contributed by atoms with Crippen LogP contribution in [0.1, 0.15) is 20.8 Å². The molecule has 1 heterocycles. The van der Waals surface area contributed by atoms with Gasteiger partial charge in [-0.1, -0.05) is 11.2 Å². The fourth-order valence-electron chi connectivity index (χ4n) is 1.73. The molecule has 0 aromatic carbocycles. The summed E-state index contributed by atoms with van der Waals surface area (Å²) >= 11 is 6.11. The Kier molecular flexibility index (Phi) is 2.47. The van der Waals surface area contributed by atoms with Crippen LogP contribution in [0.25, 0.3) is 0 Å². The highest BCUT2D eigenvalue weighted by Crippen LogP contribution is 2.39. The largest absolute Gasteiger partial charge is 0.398 e. The lowest BCUT2D eigenvalue weighted by Crippen LogP contribution is -2.58. The van der Waals surface area contributed by atoms with E-state index in [1.807, 2.05) is 26.8 Å². The summed E-state index contributed by atoms with van der Waals surface area (Å²) < 4.78 is 1.42. The maximum absolute atomic E-state index is 12.2. The van der Waals surface area contributed by atoms with Crippen molar-refractivity contribution in [2.24, 2.45) is 5.16 Å². The molecule has 1 aliphatic carbocycles. The quantitative estimate of drug-likeness (QED) is 0.515. The van der Waals surface area contributed by atoms with Gasteiger partial charge in [-0.25, -0.2) is 5.01 Å². The molecule has 1 amide bonds. The zero-order chi connectivity index (χ0) is 12.1. The molecule has 0 aromatic rings. The zero-order valence-corrected chi connectivity index (χ0v) is 10.4. The smallest absolute Gasteiger partial charge is 0.292 e. The van der Waals surface area contributed by atoms with Gasteiger partial charge in [0.05, 0.1) is 11.6 Å². The van der Waals surface area contributed by atoms with E-state index in [0.717, 1.165) is 5.57 Å². The molecule has 0 bridgehead atoms. The average Bonchev–Trinajstić information content (AvgIpc) is 2.89. The van der Waals surface area contributed by atoms with Gasteiger partial charge in [0.1, 0.15) is 7.11 Å². The van der Waals surface area contributed by atoms with Gasteiger partial charge in [-0.3, -0.25) is 4.79 Å². The first-order valence-electron chi connectivity index (χ1n) is 5.00. The van der Waals surface area contributed by atoms with E-state index in [1.165, 1.54) is 16.6 Å². The molecule has 0 aromatic heterocycles. The average molecular weight is 244 g/mol. The van der Waals surface area contributed by atoms with Gasteiger partial charge in [0.25, 0.3) is 5.91 Å². The number of hydrogen-bond acceptors (Lipinski definition) is 4. The Balaban J connectivity index is 2.34. The van der Waals surface area contributed by atoms with Crippen LogP contribution in [-0.2, 0) is 9.63 Å². The molecule has 88 valence electrons. The Labute approximate surface area is 99.4 Å². The summed E-state index contributed by atoms with van der Waals surface area (Å²) in [6, 6.07) is -0.0347. The Morgan fingerprint density at radius 2 is 2.12 bits per heavy atom. The molecule has 0 spiro atoms. The third kappa shape index (κ3) is 1.60. The van der Waals surface area contributed by atoms with Crippen molar-refractivity contribution in [3.05, 3.63) is 11.6 Å². The van der Waals surface area contributed by atoms with E-state index < -0.39 is 5.54 Å². The number of hydrazine groups is 1. The summed E-state index contributed by atoms with van der Waals surface area (Å²) in [7, 11) is 1.42. The van der Waals surface area contributed by atoms with Crippen molar-refractivity contribution in [1.82, 2.24) is 9.54 Å². The van der Waals surface area contributed by atoms with Gasteiger partial charge < -0.3 is 4.84 Å². The van der Waals surface area contributed by atoms with Crippen molar-refractivity contribution in [3.63, 3.8) is 0 Å². The van der Waals surface area contributed by atoms with Crippen molar-refractivity contribution < 1.29 is 9.63 Å². The minimum absolute atomic E-state index is 0.0347. The molecule has 6 heteroatoms. The molecule has 1 unspecified atom stereocenters. The highest BCUT2D eigenvalue weighted by atomic mass is 35.5. The van der Waals surface area contributed by atoms with E-state index in [-0.39, 0.29) is 11.9 Å². The summed E-state index contributed by atoms with van der Waals surface area (Å²) in [4.78, 5) is 16.8. The second-order valence-electron chi connectivity index (χ2n) is 4.77. The molecular formula is C10H14ClN3O2. The lowest BCUT2D eigenvalue weighted by molar-refractivity contribution is -0.144. The van der Waals surface area contributed by atoms with Crippen LogP contribution in [0.5, 0.6) is 0 Å². The number of carbonyl (C=O) groups is 1. The van der Waals surface area contributed by atoms with Gasteiger partial charge in [-0.15, -0.1) is 4.53 Å². The molecular weight excluding hydrogens is 230 g/mol. The van der Waals surface area contributed by atoms with E-state index in [0.29, 0.717) is 5.71 Å². The number of carbonyl (C=O) groups excluding carboxylic acids is 1. The van der Waals surface area contributed by atoms with E-state index in [4.69, 9.17) is 11.8 Å². The van der Waals surface area contributed by atoms with Crippen LogP contribution < -0.4 is 0 Å². The Morgan fingerprint density at radius 1 is 1.50 bits per heavy atom. The van der Waals surface area contributed by atoms with Crippen molar-refractivity contribution >= 4 is 23.4 Å². The zero-order valence-electron chi connectivity index (χ0n) is 9.69. The number of hydrogen-bond donors (Lipinski definition) is 0. The molecule has 1 saturated heterocycles. The molecule has 1 fully saturated rings. The van der Waals surface area contributed by atoms with Crippen LogP contribution in [0, 0.1) is 0 Å². The van der Waals surface area contributed by atoms with Crippen LogP contribution in [0.15, 0.2) is 16.8 Å². The SMILES string of the molecule is CON=C1C(=O)N(C(C)(C)C)N(Cl)C2C=C12. The third-order valence-electron chi connectivity index (χ3n) is 2.45. The lowest BCUT2D eigenvalue weighted by atomic mass is 10.1. The highest BCUT2D eigenvalue weighted by molar-refractivity contribution is 6.48. The van der Waals surface area contributed by atoms with Crippen molar-refractivity contribution in [2.75, 3.05) is 7.11 Å². The van der Waals surface area contributed by atoms with Gasteiger partial charge in [-0.2, -0.15) is 0 Å². The molecule has 16 heavy (non-hydrogen) atoms. The fraction of sp³-hybridized carbons (Fsp3) is 0.600. The van der Waals surface area contributed by atoms with Crippen LogP contribution in [0.4, 0.5) is 0 Å². The highest BCUT2D eigenvalue weighted by Gasteiger charge is 2.51. The molecule has 1 aliphatic heterocycles. The summed E-state index contributed by atoms with van der Waals surface area (Å²) in [5, 5.41) is 5.25. The van der Waals surface area contributed by atoms with Crippen LogP contribution >= 0.6 is 11.8 Å². The van der Waals surface area contributed by atoms with Crippen LogP contribution in [-0.4, -0.2) is 39.8 Å². The van der Waals surface area contributed by atoms with Crippen LogP contribution in [0.3, 0.4) is 0 Å². The second-order valence-corrected chi connectivity index (χ2v) is 5.11. The van der Waals surface area contributed by atoms with Crippen LogP contribution in [0.2, 0.25) is 0 Å². The molecule has 1 atom stereocenters. The Bertz CT molecular complexity index is 397. The van der Waals surface area contributed by atoms with Crippen molar-refractivity contribution in [1.29, 1.82) is 0 Å².